The molecule has 0 unspecified atom stereocenters. The zero-order chi connectivity index (χ0) is 25.0. The van der Waals surface area contributed by atoms with Crippen LogP contribution in [0.5, 0.6) is 11.8 Å². The van der Waals surface area contributed by atoms with Gasteiger partial charge in [-0.2, -0.15) is 49.5 Å². The van der Waals surface area contributed by atoms with Crippen molar-refractivity contribution in [3.05, 3.63) is 35.9 Å². The number of nitrogens with one attached hydrogen (secondary N) is 1. The molecule has 0 saturated heterocycles. The van der Waals surface area contributed by atoms with Crippen LogP contribution in [0.2, 0.25) is 0 Å². The molecule has 0 saturated carbocycles. The second-order valence-corrected chi connectivity index (χ2v) is 6.60. The largest absolute Gasteiger partial charge is 0.468 e. The Balaban J connectivity index is 2.21. The molecule has 16 heteroatoms. The van der Waals surface area contributed by atoms with Crippen LogP contribution in [0.25, 0.3) is 0 Å². The van der Waals surface area contributed by atoms with Crippen LogP contribution in [0.15, 0.2) is 30.3 Å². The highest BCUT2D eigenvalue weighted by molar-refractivity contribution is 7.80. The van der Waals surface area contributed by atoms with Crippen molar-refractivity contribution in [3.63, 3.8) is 0 Å². The number of hydrogen-bond donors (Lipinski definition) is 1. The summed E-state index contributed by atoms with van der Waals surface area (Å²) in [4.78, 5) is 8.31. The topological polar surface area (TPSA) is 59.5 Å². The maximum Gasteiger partial charge on any atom is 0.422 e. The van der Waals surface area contributed by atoms with Gasteiger partial charge in [0.05, 0.1) is 11.6 Å². The Kier molecular flexibility index (Phi) is 7.82. The quantitative estimate of drug-likeness (QED) is 0.425. The molecular formula is C17H13F9N4O2S. The number of ether oxygens (including phenoxy) is 2. The van der Waals surface area contributed by atoms with Crippen LogP contribution in [0.1, 0.15) is 5.56 Å². The van der Waals surface area contributed by atoms with E-state index in [-0.39, 0.29) is 10.8 Å². The molecule has 1 aromatic heterocycles. The van der Waals surface area contributed by atoms with E-state index in [9.17, 15) is 39.5 Å². The third-order valence-corrected chi connectivity index (χ3v) is 3.93. The van der Waals surface area contributed by atoms with E-state index in [0.717, 1.165) is 24.3 Å². The predicted octanol–water partition coefficient (Wildman–Crippen LogP) is 5.21. The Labute approximate surface area is 185 Å². The van der Waals surface area contributed by atoms with Gasteiger partial charge >= 0.3 is 18.5 Å². The molecule has 0 bridgehead atoms. The van der Waals surface area contributed by atoms with Crippen molar-refractivity contribution in [2.45, 2.75) is 18.5 Å². The van der Waals surface area contributed by atoms with Crippen LogP contribution in [0.4, 0.5) is 51.1 Å². The molecule has 0 aliphatic carbocycles. The van der Waals surface area contributed by atoms with Crippen molar-refractivity contribution < 1.29 is 49.0 Å². The second-order valence-electron chi connectivity index (χ2n) is 6.21. The highest BCUT2D eigenvalue weighted by Crippen LogP contribution is 2.30. The molecule has 1 N–H and O–H groups in total. The molecule has 2 rings (SSSR count). The van der Waals surface area contributed by atoms with Crippen LogP contribution in [0.3, 0.4) is 0 Å². The number of benzene rings is 1. The summed E-state index contributed by atoms with van der Waals surface area (Å²) in [5.74, 6) is -2.10. The van der Waals surface area contributed by atoms with Gasteiger partial charge in [0, 0.05) is 12.7 Å². The Hall–Kier alpha value is -3.04. The van der Waals surface area contributed by atoms with E-state index in [0.29, 0.717) is 6.07 Å². The Morgan fingerprint density at radius 2 is 1.33 bits per heavy atom. The first kappa shape index (κ1) is 26.2. The Bertz CT molecular complexity index is 927. The van der Waals surface area contributed by atoms with Crippen molar-refractivity contribution in [3.8, 4) is 11.8 Å². The third kappa shape index (κ3) is 8.78. The van der Waals surface area contributed by atoms with Crippen molar-refractivity contribution >= 4 is 29.0 Å². The van der Waals surface area contributed by atoms with E-state index in [4.69, 9.17) is 12.2 Å². The fraction of sp³-hybridized carbons (Fsp3) is 0.353. The maximum atomic E-state index is 12.7. The monoisotopic (exact) mass is 508 g/mol. The van der Waals surface area contributed by atoms with Gasteiger partial charge in [-0.25, -0.2) is 0 Å². The fourth-order valence-electron chi connectivity index (χ4n) is 2.09. The molecule has 0 aliphatic heterocycles. The summed E-state index contributed by atoms with van der Waals surface area (Å²) in [5, 5.41) is 2.10. The van der Waals surface area contributed by atoms with Crippen LogP contribution < -0.4 is 19.7 Å². The van der Waals surface area contributed by atoms with E-state index >= 15 is 0 Å². The molecule has 33 heavy (non-hydrogen) atoms. The first-order valence-corrected chi connectivity index (χ1v) is 8.94. The highest BCUT2D eigenvalue weighted by atomic mass is 32.1. The first-order valence-electron chi connectivity index (χ1n) is 8.54. The van der Waals surface area contributed by atoms with Gasteiger partial charge in [-0.05, 0) is 36.5 Å². The second kappa shape index (κ2) is 9.84. The number of rotatable bonds is 6. The molecule has 2 aromatic rings. The molecule has 0 spiro atoms. The summed E-state index contributed by atoms with van der Waals surface area (Å²) in [6, 6.07) is 4.39. The van der Waals surface area contributed by atoms with Crippen LogP contribution in [-0.2, 0) is 6.18 Å². The van der Waals surface area contributed by atoms with E-state index in [1.165, 1.54) is 11.9 Å². The molecule has 182 valence electrons. The minimum Gasteiger partial charge on any atom is -0.468 e. The lowest BCUT2D eigenvalue weighted by atomic mass is 10.2. The molecule has 6 nitrogen and oxygen atoms in total. The van der Waals surface area contributed by atoms with Gasteiger partial charge in [0.25, 0.3) is 0 Å². The summed E-state index contributed by atoms with van der Waals surface area (Å²) in [6.07, 6.45) is -14.1. The van der Waals surface area contributed by atoms with E-state index in [2.05, 4.69) is 24.8 Å². The van der Waals surface area contributed by atoms with Crippen LogP contribution in [-0.4, -0.2) is 47.7 Å². The van der Waals surface area contributed by atoms with Gasteiger partial charge in [0.1, 0.15) is 0 Å². The van der Waals surface area contributed by atoms with Gasteiger partial charge in [-0.1, -0.05) is 0 Å². The van der Waals surface area contributed by atoms with Gasteiger partial charge in [0.2, 0.25) is 17.7 Å². The third-order valence-electron chi connectivity index (χ3n) is 3.55. The molecule has 1 aromatic carbocycles. The van der Waals surface area contributed by atoms with E-state index in [1.807, 2.05) is 0 Å². The number of anilines is 2. The average Bonchev–Trinajstić information content (AvgIpc) is 2.68. The average molecular weight is 508 g/mol. The summed E-state index contributed by atoms with van der Waals surface area (Å²) in [7, 11) is 1.34. The summed E-state index contributed by atoms with van der Waals surface area (Å²) < 4.78 is 121. The molecule has 0 amide bonds. The summed E-state index contributed by atoms with van der Waals surface area (Å²) in [5.41, 5.74) is -0.735. The fourth-order valence-corrected chi connectivity index (χ4v) is 2.29. The lowest BCUT2D eigenvalue weighted by Gasteiger charge is -2.21. The number of hydrogen-bond acceptors (Lipinski definition) is 5. The minimum absolute atomic E-state index is 0.179. The van der Waals surface area contributed by atoms with Gasteiger partial charge in [-0.3, -0.25) is 0 Å². The van der Waals surface area contributed by atoms with Crippen molar-refractivity contribution in [1.82, 2.24) is 9.97 Å². The van der Waals surface area contributed by atoms with Crippen molar-refractivity contribution in [1.29, 1.82) is 0 Å². The summed E-state index contributed by atoms with van der Waals surface area (Å²) >= 11 is 5.05. The number of alkyl halides is 9. The Morgan fingerprint density at radius 1 is 0.879 bits per heavy atom. The standard InChI is InChI=1S/C17H13F9N4O2S/c1-30(10-4-2-9(3-5-10)17(24,25)26)14(33)29-13-27-11(31-7-15(18,19)20)6-12(28-13)32-8-16(21,22)23/h2-6H,7-8H2,1H3,(H,27,28,29,33). The molecule has 0 aliphatic rings. The smallest absolute Gasteiger partial charge is 0.422 e. The van der Waals surface area contributed by atoms with Gasteiger partial charge in [0.15, 0.2) is 18.3 Å². The van der Waals surface area contributed by atoms with Crippen molar-refractivity contribution in [2.75, 3.05) is 30.5 Å². The molecule has 0 atom stereocenters. The van der Waals surface area contributed by atoms with Crippen LogP contribution >= 0.6 is 12.2 Å². The molecule has 1 heterocycles. The Morgan fingerprint density at radius 3 is 1.73 bits per heavy atom. The van der Waals surface area contributed by atoms with E-state index in [1.54, 1.807) is 0 Å². The first-order chi connectivity index (χ1) is 15.0. The van der Waals surface area contributed by atoms with E-state index < -0.39 is 55.0 Å². The zero-order valence-electron chi connectivity index (χ0n) is 16.3. The number of halogens is 9. The highest BCUT2D eigenvalue weighted by Gasteiger charge is 2.31. The number of aromatic nitrogens is 2. The lowest BCUT2D eigenvalue weighted by Crippen LogP contribution is -2.31. The maximum absolute atomic E-state index is 12.7. The SMILES string of the molecule is CN(C(=S)Nc1nc(OCC(F)(F)F)cc(OCC(F)(F)F)n1)c1ccc(C(F)(F)F)cc1. The molecular weight excluding hydrogens is 495 g/mol. The van der Waals surface area contributed by atoms with Crippen molar-refractivity contribution in [2.24, 2.45) is 0 Å². The van der Waals surface area contributed by atoms with Crippen LogP contribution in [0, 0.1) is 0 Å². The summed E-state index contributed by atoms with van der Waals surface area (Å²) in [6.45, 7) is -3.59. The van der Waals surface area contributed by atoms with Gasteiger partial charge in [-0.15, -0.1) is 0 Å². The lowest BCUT2D eigenvalue weighted by molar-refractivity contribution is -0.154. The van der Waals surface area contributed by atoms with Gasteiger partial charge < -0.3 is 19.7 Å². The number of nitrogens with zero attached hydrogens (tertiary/aromatic N) is 3. The number of thiocarbonyl (C=S) groups is 1. The molecule has 0 fully saturated rings. The normalized spacial score (nSPS) is 12.3. The molecule has 0 radical (unpaired) electrons. The zero-order valence-corrected chi connectivity index (χ0v) is 17.1. The minimum atomic E-state index is -4.76. The predicted molar refractivity (Wildman–Crippen MR) is 101 cm³/mol.